The Morgan fingerprint density at radius 1 is 1.32 bits per heavy atom. The normalized spacial score (nSPS) is 9.68. The number of hydrogen-bond donors (Lipinski definition) is 0. The van der Waals surface area contributed by atoms with Crippen molar-refractivity contribution in [2.45, 2.75) is 19.4 Å². The summed E-state index contributed by atoms with van der Waals surface area (Å²) in [7, 11) is 0. The summed E-state index contributed by atoms with van der Waals surface area (Å²) < 4.78 is 11.8. The fourth-order valence-electron chi connectivity index (χ4n) is 1.43. The molecule has 0 aliphatic heterocycles. The lowest BCUT2D eigenvalue weighted by molar-refractivity contribution is -0.696. The van der Waals surface area contributed by atoms with E-state index in [0.29, 0.717) is 25.3 Å². The fraction of sp³-hybridized carbons (Fsp3) is 0.333. The van der Waals surface area contributed by atoms with Crippen LogP contribution in [-0.4, -0.2) is 22.7 Å². The summed E-state index contributed by atoms with van der Waals surface area (Å²) in [5, 5.41) is 3.47. The Hall–Kier alpha value is -1.76. The van der Waals surface area contributed by atoms with Gasteiger partial charge in [0.1, 0.15) is 13.0 Å². The molecular formula is C12H14BrN3O3. The fourth-order valence-corrected chi connectivity index (χ4v) is 1.43. The lowest BCUT2D eigenvalue weighted by atomic mass is 10.4. The molecule has 102 valence electrons. The number of aryl methyl sites for hydroxylation is 1. The minimum Gasteiger partial charge on any atom is -1.00 e. The van der Waals surface area contributed by atoms with E-state index in [-0.39, 0.29) is 29.6 Å². The first-order chi connectivity index (χ1) is 8.84. The van der Waals surface area contributed by atoms with Crippen LogP contribution in [0.2, 0.25) is 0 Å². The zero-order chi connectivity index (χ0) is 12.6. The standard InChI is InChI=1S/C12H14N3O3.BrH/c16-12(4-8-15-6-2-1-3-7-15)17-9-5-11-13-10-14-18-11;/h1-3,6-7,10H,4-5,8-9H2;1H/q+1;/p-1. The quantitative estimate of drug-likeness (QED) is 0.435. The summed E-state index contributed by atoms with van der Waals surface area (Å²) in [4.78, 5) is 15.3. The number of carbonyl (C=O) groups is 1. The summed E-state index contributed by atoms with van der Waals surface area (Å²) in [6.07, 6.45) is 5.93. The van der Waals surface area contributed by atoms with Gasteiger partial charge in [-0.1, -0.05) is 11.2 Å². The van der Waals surface area contributed by atoms with Crippen molar-refractivity contribution in [1.29, 1.82) is 0 Å². The molecule has 2 rings (SSSR count). The lowest BCUT2D eigenvalue weighted by Crippen LogP contribution is -3.00. The number of ether oxygens (including phenoxy) is 1. The topological polar surface area (TPSA) is 69.1 Å². The largest absolute Gasteiger partial charge is 1.00 e. The van der Waals surface area contributed by atoms with Crippen molar-refractivity contribution in [3.05, 3.63) is 42.8 Å². The van der Waals surface area contributed by atoms with Crippen LogP contribution in [0.1, 0.15) is 12.3 Å². The molecule has 0 amide bonds. The minimum atomic E-state index is -0.231. The van der Waals surface area contributed by atoms with Crippen molar-refractivity contribution in [1.82, 2.24) is 10.1 Å². The van der Waals surface area contributed by atoms with Gasteiger partial charge in [0.2, 0.25) is 5.89 Å². The van der Waals surface area contributed by atoms with Crippen LogP contribution >= 0.6 is 0 Å². The molecule has 0 saturated heterocycles. The molecule has 0 aliphatic rings. The van der Waals surface area contributed by atoms with Crippen LogP contribution in [0.15, 0.2) is 41.4 Å². The molecule has 0 spiro atoms. The van der Waals surface area contributed by atoms with Crippen molar-refractivity contribution in [2.24, 2.45) is 0 Å². The lowest BCUT2D eigenvalue weighted by Gasteiger charge is -2.01. The highest BCUT2D eigenvalue weighted by molar-refractivity contribution is 5.69. The van der Waals surface area contributed by atoms with Gasteiger partial charge in [0, 0.05) is 12.1 Å². The molecule has 0 unspecified atom stereocenters. The van der Waals surface area contributed by atoms with E-state index in [9.17, 15) is 4.79 Å². The number of pyridine rings is 1. The van der Waals surface area contributed by atoms with Crippen molar-refractivity contribution in [3.63, 3.8) is 0 Å². The monoisotopic (exact) mass is 327 g/mol. The molecule has 0 radical (unpaired) electrons. The van der Waals surface area contributed by atoms with Crippen LogP contribution in [0.3, 0.4) is 0 Å². The van der Waals surface area contributed by atoms with E-state index >= 15 is 0 Å². The highest BCUT2D eigenvalue weighted by Gasteiger charge is 2.08. The molecule has 7 heteroatoms. The third kappa shape index (κ3) is 5.60. The molecule has 0 bridgehead atoms. The molecule has 6 nitrogen and oxygen atoms in total. The first kappa shape index (κ1) is 15.3. The van der Waals surface area contributed by atoms with Gasteiger partial charge in [-0.25, -0.2) is 4.57 Å². The van der Waals surface area contributed by atoms with Gasteiger partial charge >= 0.3 is 5.97 Å². The summed E-state index contributed by atoms with van der Waals surface area (Å²) in [6.45, 7) is 0.876. The second kappa shape index (κ2) is 8.36. The SMILES string of the molecule is O=C(CC[n+]1ccccc1)OCCc1ncno1.[Br-]. The number of esters is 1. The van der Waals surface area contributed by atoms with Gasteiger partial charge in [-0.3, -0.25) is 4.79 Å². The van der Waals surface area contributed by atoms with Crippen molar-refractivity contribution in [2.75, 3.05) is 6.61 Å². The van der Waals surface area contributed by atoms with Crippen LogP contribution in [-0.2, 0) is 22.5 Å². The van der Waals surface area contributed by atoms with E-state index in [0.717, 1.165) is 0 Å². The number of aromatic nitrogens is 3. The van der Waals surface area contributed by atoms with E-state index in [1.54, 1.807) is 0 Å². The Bertz CT molecular complexity index is 476. The Morgan fingerprint density at radius 2 is 2.11 bits per heavy atom. The second-order valence-electron chi connectivity index (χ2n) is 3.67. The number of rotatable bonds is 6. The average molecular weight is 328 g/mol. The van der Waals surface area contributed by atoms with E-state index in [4.69, 9.17) is 9.26 Å². The van der Waals surface area contributed by atoms with Crippen molar-refractivity contribution < 1.29 is 35.6 Å². The highest BCUT2D eigenvalue weighted by atomic mass is 79.9. The van der Waals surface area contributed by atoms with Gasteiger partial charge in [-0.05, 0) is 0 Å². The number of carbonyl (C=O) groups excluding carboxylic acids is 1. The summed E-state index contributed by atoms with van der Waals surface area (Å²) in [5.74, 6) is 0.242. The Balaban J connectivity index is 0.00000180. The van der Waals surface area contributed by atoms with Gasteiger partial charge in [-0.15, -0.1) is 0 Å². The zero-order valence-electron chi connectivity index (χ0n) is 10.2. The molecule has 19 heavy (non-hydrogen) atoms. The Morgan fingerprint density at radius 3 is 2.79 bits per heavy atom. The molecule has 0 aromatic carbocycles. The Labute approximate surface area is 121 Å². The van der Waals surface area contributed by atoms with Crippen LogP contribution < -0.4 is 21.5 Å². The molecule has 0 saturated carbocycles. The van der Waals surface area contributed by atoms with Gasteiger partial charge in [-0.2, -0.15) is 4.98 Å². The molecule has 0 aliphatic carbocycles. The molecular weight excluding hydrogens is 314 g/mol. The van der Waals surface area contributed by atoms with E-state index in [2.05, 4.69) is 10.1 Å². The predicted octanol–water partition coefficient (Wildman–Crippen LogP) is -2.46. The first-order valence-electron chi connectivity index (χ1n) is 5.70. The highest BCUT2D eigenvalue weighted by Crippen LogP contribution is 1.94. The summed E-state index contributed by atoms with van der Waals surface area (Å²) in [6, 6.07) is 5.76. The van der Waals surface area contributed by atoms with E-state index < -0.39 is 0 Å². The maximum Gasteiger partial charge on any atom is 0.312 e. The molecule has 2 aromatic heterocycles. The van der Waals surface area contributed by atoms with Crippen molar-refractivity contribution >= 4 is 5.97 Å². The number of hydrogen-bond acceptors (Lipinski definition) is 5. The molecule has 0 atom stereocenters. The van der Waals surface area contributed by atoms with Crippen LogP contribution in [0.5, 0.6) is 0 Å². The second-order valence-corrected chi connectivity index (χ2v) is 3.67. The van der Waals surface area contributed by atoms with Crippen LogP contribution in [0.4, 0.5) is 0 Å². The Kier molecular flexibility index (Phi) is 6.73. The maximum absolute atomic E-state index is 11.4. The number of nitrogens with zero attached hydrogens (tertiary/aromatic N) is 3. The van der Waals surface area contributed by atoms with Gasteiger partial charge in [0.25, 0.3) is 0 Å². The van der Waals surface area contributed by atoms with Gasteiger partial charge < -0.3 is 26.2 Å². The van der Waals surface area contributed by atoms with E-state index in [1.807, 2.05) is 35.2 Å². The van der Waals surface area contributed by atoms with E-state index in [1.165, 1.54) is 6.33 Å². The molecule has 2 heterocycles. The van der Waals surface area contributed by atoms with Crippen LogP contribution in [0, 0.1) is 0 Å². The third-order valence-corrected chi connectivity index (χ3v) is 2.34. The van der Waals surface area contributed by atoms with Gasteiger partial charge in [0.05, 0.1) is 6.42 Å². The molecule has 0 fully saturated rings. The smallest absolute Gasteiger partial charge is 0.312 e. The van der Waals surface area contributed by atoms with Crippen LogP contribution in [0.25, 0.3) is 0 Å². The average Bonchev–Trinajstić information content (AvgIpc) is 2.91. The summed E-state index contributed by atoms with van der Waals surface area (Å²) in [5.41, 5.74) is 0. The zero-order valence-corrected chi connectivity index (χ0v) is 11.8. The predicted molar refractivity (Wildman–Crippen MR) is 60.2 cm³/mol. The van der Waals surface area contributed by atoms with Gasteiger partial charge in [0.15, 0.2) is 25.3 Å². The first-order valence-corrected chi connectivity index (χ1v) is 5.70. The molecule has 2 aromatic rings. The molecule has 0 N–H and O–H groups in total. The van der Waals surface area contributed by atoms with Crippen molar-refractivity contribution in [3.8, 4) is 0 Å². The minimum absolute atomic E-state index is 0. The number of halogens is 1. The summed E-state index contributed by atoms with van der Waals surface area (Å²) >= 11 is 0. The third-order valence-electron chi connectivity index (χ3n) is 2.34. The maximum atomic E-state index is 11.4.